The van der Waals surface area contributed by atoms with E-state index < -0.39 is 0 Å². The van der Waals surface area contributed by atoms with Gasteiger partial charge in [-0.15, -0.1) is 0 Å². The minimum absolute atomic E-state index is 0.237. The molecule has 0 bridgehead atoms. The van der Waals surface area contributed by atoms with Crippen molar-refractivity contribution in [2.24, 2.45) is 5.92 Å². The highest BCUT2D eigenvalue weighted by molar-refractivity contribution is 5.29. The topological polar surface area (TPSA) is 43.4 Å². The van der Waals surface area contributed by atoms with E-state index in [1.807, 2.05) is 12.3 Å². The SMILES string of the molecule is CC(C)CNCc1ccncc1OCC1CCCCO1. The Morgan fingerprint density at radius 3 is 3.10 bits per heavy atom. The summed E-state index contributed by atoms with van der Waals surface area (Å²) in [6.45, 7) is 7.73. The molecule has 0 saturated carbocycles. The van der Waals surface area contributed by atoms with Gasteiger partial charge in [-0.3, -0.25) is 4.98 Å². The van der Waals surface area contributed by atoms with Crippen molar-refractivity contribution < 1.29 is 9.47 Å². The zero-order chi connectivity index (χ0) is 14.2. The second kappa shape index (κ2) is 8.22. The molecule has 0 radical (unpaired) electrons. The smallest absolute Gasteiger partial charge is 0.142 e. The second-order valence-electron chi connectivity index (χ2n) is 5.81. The van der Waals surface area contributed by atoms with Crippen molar-refractivity contribution in [1.29, 1.82) is 0 Å². The third-order valence-corrected chi connectivity index (χ3v) is 3.44. The summed E-state index contributed by atoms with van der Waals surface area (Å²) in [5, 5.41) is 3.44. The first-order valence-electron chi connectivity index (χ1n) is 7.63. The lowest BCUT2D eigenvalue weighted by Crippen LogP contribution is -2.26. The van der Waals surface area contributed by atoms with Gasteiger partial charge in [-0.2, -0.15) is 0 Å². The average molecular weight is 278 g/mol. The van der Waals surface area contributed by atoms with Gasteiger partial charge in [0.15, 0.2) is 0 Å². The second-order valence-corrected chi connectivity index (χ2v) is 5.81. The number of rotatable bonds is 7. The number of hydrogen-bond acceptors (Lipinski definition) is 4. The maximum absolute atomic E-state index is 5.91. The normalized spacial score (nSPS) is 19.2. The zero-order valence-corrected chi connectivity index (χ0v) is 12.6. The maximum atomic E-state index is 5.91. The van der Waals surface area contributed by atoms with Gasteiger partial charge in [0.25, 0.3) is 0 Å². The van der Waals surface area contributed by atoms with Gasteiger partial charge in [0, 0.05) is 24.9 Å². The van der Waals surface area contributed by atoms with E-state index in [1.54, 1.807) is 6.20 Å². The fraction of sp³-hybridized carbons (Fsp3) is 0.688. The Labute approximate surface area is 121 Å². The van der Waals surface area contributed by atoms with Crippen LogP contribution in [-0.2, 0) is 11.3 Å². The number of aromatic nitrogens is 1. The van der Waals surface area contributed by atoms with Crippen LogP contribution in [0.1, 0.15) is 38.7 Å². The molecule has 4 nitrogen and oxygen atoms in total. The van der Waals surface area contributed by atoms with Crippen LogP contribution in [0.15, 0.2) is 18.5 Å². The Balaban J connectivity index is 1.83. The van der Waals surface area contributed by atoms with E-state index in [2.05, 4.69) is 24.1 Å². The first kappa shape index (κ1) is 15.3. The standard InChI is InChI=1S/C16H26N2O2/c1-13(2)9-18-10-14-6-7-17-11-16(14)20-12-15-5-3-4-8-19-15/h6-7,11,13,15,18H,3-5,8-10,12H2,1-2H3. The number of ether oxygens (including phenoxy) is 2. The van der Waals surface area contributed by atoms with Crippen LogP contribution in [0.2, 0.25) is 0 Å². The summed E-state index contributed by atoms with van der Waals surface area (Å²) in [5.41, 5.74) is 1.16. The molecular weight excluding hydrogens is 252 g/mol. The van der Waals surface area contributed by atoms with Crippen LogP contribution in [-0.4, -0.2) is 30.8 Å². The van der Waals surface area contributed by atoms with Gasteiger partial charge >= 0.3 is 0 Å². The van der Waals surface area contributed by atoms with Gasteiger partial charge in [-0.05, 0) is 37.8 Å². The van der Waals surface area contributed by atoms with Crippen molar-refractivity contribution in [3.63, 3.8) is 0 Å². The summed E-state index contributed by atoms with van der Waals surface area (Å²) in [4.78, 5) is 4.16. The third kappa shape index (κ3) is 5.10. The molecule has 1 atom stereocenters. The van der Waals surface area contributed by atoms with E-state index in [0.717, 1.165) is 37.4 Å². The number of pyridine rings is 1. The summed E-state index contributed by atoms with van der Waals surface area (Å²) in [6, 6.07) is 2.02. The van der Waals surface area contributed by atoms with E-state index in [1.165, 1.54) is 12.8 Å². The van der Waals surface area contributed by atoms with Crippen LogP contribution in [0, 0.1) is 5.92 Å². The predicted octanol–water partition coefficient (Wildman–Crippen LogP) is 2.78. The van der Waals surface area contributed by atoms with Crippen molar-refractivity contribution in [3.8, 4) is 5.75 Å². The van der Waals surface area contributed by atoms with Gasteiger partial charge in [0.05, 0.1) is 12.3 Å². The van der Waals surface area contributed by atoms with Crippen LogP contribution in [0.4, 0.5) is 0 Å². The molecule has 2 heterocycles. The molecule has 4 heteroatoms. The molecule has 1 saturated heterocycles. The van der Waals surface area contributed by atoms with Gasteiger partial charge in [-0.1, -0.05) is 13.8 Å². The van der Waals surface area contributed by atoms with Crippen molar-refractivity contribution in [3.05, 3.63) is 24.0 Å². The molecule has 1 unspecified atom stereocenters. The van der Waals surface area contributed by atoms with E-state index in [4.69, 9.17) is 9.47 Å². The molecule has 0 aliphatic carbocycles. The van der Waals surface area contributed by atoms with E-state index in [9.17, 15) is 0 Å². The largest absolute Gasteiger partial charge is 0.489 e. The predicted molar refractivity (Wildman–Crippen MR) is 79.9 cm³/mol. The van der Waals surface area contributed by atoms with Gasteiger partial charge in [-0.25, -0.2) is 0 Å². The van der Waals surface area contributed by atoms with E-state index >= 15 is 0 Å². The average Bonchev–Trinajstić information content (AvgIpc) is 2.47. The lowest BCUT2D eigenvalue weighted by Gasteiger charge is -2.23. The van der Waals surface area contributed by atoms with Crippen LogP contribution in [0.25, 0.3) is 0 Å². The summed E-state index contributed by atoms with van der Waals surface area (Å²) in [7, 11) is 0. The lowest BCUT2D eigenvalue weighted by atomic mass is 10.1. The first-order chi connectivity index (χ1) is 9.75. The quantitative estimate of drug-likeness (QED) is 0.833. The van der Waals surface area contributed by atoms with Crippen LogP contribution < -0.4 is 10.1 Å². The maximum Gasteiger partial charge on any atom is 0.142 e. The lowest BCUT2D eigenvalue weighted by molar-refractivity contribution is -0.0113. The molecular formula is C16H26N2O2. The molecule has 1 fully saturated rings. The minimum Gasteiger partial charge on any atom is -0.489 e. The van der Waals surface area contributed by atoms with Crippen molar-refractivity contribution in [2.75, 3.05) is 19.8 Å². The molecule has 0 aromatic carbocycles. The van der Waals surface area contributed by atoms with E-state index in [0.29, 0.717) is 12.5 Å². The fourth-order valence-electron chi connectivity index (χ4n) is 2.30. The highest BCUT2D eigenvalue weighted by Crippen LogP contribution is 2.19. The molecule has 1 aromatic heterocycles. The highest BCUT2D eigenvalue weighted by Gasteiger charge is 2.15. The Morgan fingerprint density at radius 2 is 2.35 bits per heavy atom. The molecule has 0 spiro atoms. The third-order valence-electron chi connectivity index (χ3n) is 3.44. The highest BCUT2D eigenvalue weighted by atomic mass is 16.5. The van der Waals surface area contributed by atoms with Crippen molar-refractivity contribution in [2.45, 2.75) is 45.8 Å². The molecule has 1 aromatic rings. The Hall–Kier alpha value is -1.13. The van der Waals surface area contributed by atoms with Gasteiger partial charge < -0.3 is 14.8 Å². The fourth-order valence-corrected chi connectivity index (χ4v) is 2.30. The van der Waals surface area contributed by atoms with Crippen molar-refractivity contribution in [1.82, 2.24) is 10.3 Å². The molecule has 2 rings (SSSR count). The van der Waals surface area contributed by atoms with Crippen molar-refractivity contribution >= 4 is 0 Å². The molecule has 20 heavy (non-hydrogen) atoms. The summed E-state index contributed by atoms with van der Waals surface area (Å²) in [6.07, 6.45) is 7.37. The Morgan fingerprint density at radius 1 is 1.45 bits per heavy atom. The Kier molecular flexibility index (Phi) is 6.27. The molecule has 1 N–H and O–H groups in total. The van der Waals surface area contributed by atoms with Crippen LogP contribution >= 0.6 is 0 Å². The van der Waals surface area contributed by atoms with Gasteiger partial charge in [0.1, 0.15) is 12.4 Å². The molecule has 0 amide bonds. The number of nitrogens with zero attached hydrogens (tertiary/aromatic N) is 1. The summed E-state index contributed by atoms with van der Waals surface area (Å²) < 4.78 is 11.6. The van der Waals surface area contributed by atoms with Crippen LogP contribution in [0.5, 0.6) is 5.75 Å². The summed E-state index contributed by atoms with van der Waals surface area (Å²) in [5.74, 6) is 1.52. The summed E-state index contributed by atoms with van der Waals surface area (Å²) >= 11 is 0. The molecule has 1 aliphatic rings. The van der Waals surface area contributed by atoms with E-state index in [-0.39, 0.29) is 6.10 Å². The zero-order valence-electron chi connectivity index (χ0n) is 12.6. The number of nitrogens with one attached hydrogen (secondary N) is 1. The monoisotopic (exact) mass is 278 g/mol. The van der Waals surface area contributed by atoms with Crippen LogP contribution in [0.3, 0.4) is 0 Å². The first-order valence-corrected chi connectivity index (χ1v) is 7.63. The molecule has 112 valence electrons. The Bertz CT molecular complexity index is 390. The number of hydrogen-bond donors (Lipinski definition) is 1. The van der Waals surface area contributed by atoms with Gasteiger partial charge in [0.2, 0.25) is 0 Å². The minimum atomic E-state index is 0.237. The molecule has 1 aliphatic heterocycles.